The van der Waals surface area contributed by atoms with Crippen LogP contribution in [0.2, 0.25) is 0 Å². The lowest BCUT2D eigenvalue weighted by atomic mass is 10.3. The standard InChI is InChI=1S/C4H12NO3P.C2H2O4/c5-3-1-2-4-9(6,7)8;3-1(4)2(5)6/h1-5H2,(H2,6,7,8);(H,3,4)(H,5,6). The molecule has 0 heterocycles. The first-order valence-electron chi connectivity index (χ1n) is 3.91. The van der Waals surface area contributed by atoms with E-state index in [1.165, 1.54) is 0 Å². The maximum absolute atomic E-state index is 10.2. The summed E-state index contributed by atoms with van der Waals surface area (Å²) in [6, 6.07) is 0. The van der Waals surface area contributed by atoms with Gasteiger partial charge >= 0.3 is 19.5 Å². The van der Waals surface area contributed by atoms with Crippen LogP contribution in [0.5, 0.6) is 0 Å². The molecule has 0 aliphatic heterocycles. The highest BCUT2D eigenvalue weighted by Crippen LogP contribution is 2.34. The number of hydrogen-bond donors (Lipinski definition) is 5. The number of nitrogens with two attached hydrogens (primary N) is 1. The number of carbonyl (C=O) groups is 2. The number of hydrogen-bond acceptors (Lipinski definition) is 4. The van der Waals surface area contributed by atoms with Crippen LogP contribution in [0.15, 0.2) is 0 Å². The van der Waals surface area contributed by atoms with Gasteiger partial charge in [-0.05, 0) is 19.4 Å². The van der Waals surface area contributed by atoms with Gasteiger partial charge in [0.1, 0.15) is 0 Å². The van der Waals surface area contributed by atoms with Crippen LogP contribution in [-0.2, 0) is 14.2 Å². The van der Waals surface area contributed by atoms with Crippen LogP contribution in [0.3, 0.4) is 0 Å². The van der Waals surface area contributed by atoms with E-state index in [0.717, 1.165) is 0 Å². The van der Waals surface area contributed by atoms with Gasteiger partial charge in [0.15, 0.2) is 0 Å². The van der Waals surface area contributed by atoms with Crippen LogP contribution in [-0.4, -0.2) is 44.6 Å². The molecule has 0 aromatic rings. The molecule has 0 unspecified atom stereocenters. The second-order valence-electron chi connectivity index (χ2n) is 2.49. The van der Waals surface area contributed by atoms with Crippen molar-refractivity contribution in [3.05, 3.63) is 0 Å². The smallest absolute Gasteiger partial charge is 0.414 e. The van der Waals surface area contributed by atoms with E-state index in [1.54, 1.807) is 0 Å². The van der Waals surface area contributed by atoms with Gasteiger partial charge in [-0.1, -0.05) is 0 Å². The van der Waals surface area contributed by atoms with E-state index >= 15 is 0 Å². The number of rotatable bonds is 4. The molecule has 0 saturated carbocycles. The molecule has 0 bridgehead atoms. The van der Waals surface area contributed by atoms with E-state index in [0.29, 0.717) is 19.4 Å². The minimum absolute atomic E-state index is 0.0375. The van der Waals surface area contributed by atoms with Gasteiger partial charge < -0.3 is 25.7 Å². The van der Waals surface area contributed by atoms with Crippen molar-refractivity contribution in [2.45, 2.75) is 12.8 Å². The number of unbranched alkanes of at least 4 members (excludes halogenated alkanes) is 1. The zero-order valence-corrected chi connectivity index (χ0v) is 8.76. The Balaban J connectivity index is 0. The van der Waals surface area contributed by atoms with Crippen molar-refractivity contribution in [3.8, 4) is 0 Å². The van der Waals surface area contributed by atoms with E-state index in [4.69, 9.17) is 35.3 Å². The minimum Gasteiger partial charge on any atom is -0.473 e. The normalized spacial score (nSPS) is 10.1. The first-order valence-corrected chi connectivity index (χ1v) is 5.71. The average molecular weight is 243 g/mol. The Bertz CT molecular complexity index is 236. The number of aliphatic carboxylic acids is 2. The lowest BCUT2D eigenvalue weighted by Gasteiger charge is -2.00. The van der Waals surface area contributed by atoms with Gasteiger partial charge in [0.05, 0.1) is 0 Å². The molecule has 0 aliphatic carbocycles. The van der Waals surface area contributed by atoms with Crippen molar-refractivity contribution in [1.29, 1.82) is 0 Å². The molecular formula is C6H14NO7P. The van der Waals surface area contributed by atoms with Crippen LogP contribution in [0.25, 0.3) is 0 Å². The summed E-state index contributed by atoms with van der Waals surface area (Å²) in [6.45, 7) is 0.500. The van der Waals surface area contributed by atoms with Crippen molar-refractivity contribution in [2.75, 3.05) is 12.7 Å². The van der Waals surface area contributed by atoms with Crippen LogP contribution in [0.1, 0.15) is 12.8 Å². The van der Waals surface area contributed by atoms with Crippen molar-refractivity contribution < 1.29 is 34.2 Å². The van der Waals surface area contributed by atoms with E-state index in [-0.39, 0.29) is 6.16 Å². The maximum atomic E-state index is 10.2. The Hall–Kier alpha value is -0.950. The van der Waals surface area contributed by atoms with Crippen molar-refractivity contribution in [2.24, 2.45) is 5.73 Å². The molecule has 0 aliphatic rings. The second kappa shape index (κ2) is 8.37. The summed E-state index contributed by atoms with van der Waals surface area (Å²) < 4.78 is 10.2. The zero-order chi connectivity index (χ0) is 12.5. The average Bonchev–Trinajstić information content (AvgIpc) is 2.03. The summed E-state index contributed by atoms with van der Waals surface area (Å²) in [6.07, 6.45) is 1.16. The summed E-state index contributed by atoms with van der Waals surface area (Å²) >= 11 is 0. The quantitative estimate of drug-likeness (QED) is 0.240. The van der Waals surface area contributed by atoms with Gasteiger partial charge in [-0.25, -0.2) is 9.59 Å². The highest BCUT2D eigenvalue weighted by molar-refractivity contribution is 7.51. The second-order valence-corrected chi connectivity index (χ2v) is 4.27. The molecule has 0 saturated heterocycles. The van der Waals surface area contributed by atoms with Gasteiger partial charge in [0.2, 0.25) is 0 Å². The summed E-state index contributed by atoms with van der Waals surface area (Å²) in [4.78, 5) is 34.8. The molecule has 0 atom stereocenters. The summed E-state index contributed by atoms with van der Waals surface area (Å²) in [5.74, 6) is -3.65. The highest BCUT2D eigenvalue weighted by Gasteiger charge is 2.10. The predicted molar refractivity (Wildman–Crippen MR) is 50.5 cm³/mol. The molecule has 6 N–H and O–H groups in total. The van der Waals surface area contributed by atoms with Gasteiger partial charge in [0.25, 0.3) is 0 Å². The highest BCUT2D eigenvalue weighted by atomic mass is 31.2. The monoisotopic (exact) mass is 243 g/mol. The van der Waals surface area contributed by atoms with Crippen LogP contribution >= 0.6 is 7.60 Å². The van der Waals surface area contributed by atoms with Crippen LogP contribution in [0, 0.1) is 0 Å². The third-order valence-electron chi connectivity index (χ3n) is 1.09. The van der Waals surface area contributed by atoms with E-state index in [1.807, 2.05) is 0 Å². The molecule has 0 rings (SSSR count). The predicted octanol–water partition coefficient (Wildman–Crippen LogP) is -0.941. The molecule has 0 radical (unpaired) electrons. The maximum Gasteiger partial charge on any atom is 0.414 e. The van der Waals surface area contributed by atoms with E-state index < -0.39 is 19.5 Å². The van der Waals surface area contributed by atoms with Crippen LogP contribution < -0.4 is 5.73 Å². The van der Waals surface area contributed by atoms with Gasteiger partial charge in [-0.2, -0.15) is 0 Å². The number of carboxylic acid groups (broad SMARTS) is 2. The Kier molecular flexibility index (Phi) is 9.19. The van der Waals surface area contributed by atoms with Gasteiger partial charge in [0, 0.05) is 6.16 Å². The molecular weight excluding hydrogens is 229 g/mol. The Morgan fingerprint density at radius 2 is 1.47 bits per heavy atom. The molecule has 90 valence electrons. The Morgan fingerprint density at radius 3 is 1.67 bits per heavy atom. The fourth-order valence-corrected chi connectivity index (χ4v) is 1.10. The molecule has 0 aromatic carbocycles. The van der Waals surface area contributed by atoms with Crippen molar-refractivity contribution >= 4 is 19.5 Å². The molecule has 0 fully saturated rings. The number of carboxylic acids is 2. The van der Waals surface area contributed by atoms with Gasteiger partial charge in [-0.15, -0.1) is 0 Å². The topological polar surface area (TPSA) is 158 Å². The fourth-order valence-electron chi connectivity index (χ4n) is 0.462. The largest absolute Gasteiger partial charge is 0.473 e. The van der Waals surface area contributed by atoms with Crippen LogP contribution in [0.4, 0.5) is 0 Å². The first kappa shape index (κ1) is 16.5. The zero-order valence-electron chi connectivity index (χ0n) is 7.87. The van der Waals surface area contributed by atoms with Crippen molar-refractivity contribution in [1.82, 2.24) is 0 Å². The van der Waals surface area contributed by atoms with E-state index in [2.05, 4.69) is 0 Å². The Labute approximate surface area is 85.9 Å². The summed E-state index contributed by atoms with van der Waals surface area (Å²) in [7, 11) is -3.75. The summed E-state index contributed by atoms with van der Waals surface area (Å²) in [5.41, 5.74) is 5.10. The van der Waals surface area contributed by atoms with E-state index in [9.17, 15) is 4.57 Å². The Morgan fingerprint density at radius 1 is 1.07 bits per heavy atom. The molecule has 0 spiro atoms. The lowest BCUT2D eigenvalue weighted by Crippen LogP contribution is -2.09. The molecule has 15 heavy (non-hydrogen) atoms. The fraction of sp³-hybridized carbons (Fsp3) is 0.667. The first-order chi connectivity index (χ1) is 6.70. The summed E-state index contributed by atoms with van der Waals surface area (Å²) in [5, 5.41) is 14.8. The third kappa shape index (κ3) is 19.5. The minimum atomic E-state index is -3.75. The molecule has 0 amide bonds. The molecule has 8 nitrogen and oxygen atoms in total. The lowest BCUT2D eigenvalue weighted by molar-refractivity contribution is -0.159. The molecule has 0 aromatic heterocycles. The van der Waals surface area contributed by atoms with Gasteiger partial charge in [-0.3, -0.25) is 4.57 Å². The van der Waals surface area contributed by atoms with Crippen molar-refractivity contribution in [3.63, 3.8) is 0 Å². The third-order valence-corrected chi connectivity index (χ3v) is 1.99. The molecule has 9 heteroatoms. The SMILES string of the molecule is NCCCCP(=O)(O)O.O=C(O)C(=O)O.